The molecular formula is C16H29ClN4O3. The Morgan fingerprint density at radius 1 is 1.38 bits per heavy atom. The third-order valence-corrected chi connectivity index (χ3v) is 4.44. The molecule has 1 aromatic heterocycles. The topological polar surface area (TPSA) is 82.7 Å². The van der Waals surface area contributed by atoms with Crippen molar-refractivity contribution in [2.24, 2.45) is 0 Å². The highest BCUT2D eigenvalue weighted by atomic mass is 35.5. The monoisotopic (exact) mass is 360 g/mol. The molecule has 0 atom stereocenters. The predicted molar refractivity (Wildman–Crippen MR) is 93.3 cm³/mol. The number of aromatic nitrogens is 2. The van der Waals surface area contributed by atoms with Crippen LogP contribution < -0.4 is 0 Å². The zero-order chi connectivity index (χ0) is 16.7. The molecule has 1 saturated heterocycles. The Morgan fingerprint density at radius 2 is 2.08 bits per heavy atom. The molecule has 1 N–H and O–H groups in total. The second-order valence-corrected chi connectivity index (χ2v) is 6.17. The first-order valence-corrected chi connectivity index (χ1v) is 8.62. The molecule has 1 fully saturated rings. The molecule has 2 heterocycles. The molecule has 0 saturated carbocycles. The van der Waals surface area contributed by atoms with E-state index in [2.05, 4.69) is 26.9 Å². The van der Waals surface area contributed by atoms with Crippen LogP contribution in [0.1, 0.15) is 51.2 Å². The summed E-state index contributed by atoms with van der Waals surface area (Å²) in [6, 6.07) is 0.359. The summed E-state index contributed by atoms with van der Waals surface area (Å²) in [5.74, 6) is 0.739. The van der Waals surface area contributed by atoms with Gasteiger partial charge in [0.25, 0.3) is 0 Å². The number of carboxylic acid groups (broad SMARTS) is 1. The average molecular weight is 361 g/mol. The molecule has 138 valence electrons. The minimum Gasteiger partial charge on any atom is -0.480 e. The lowest BCUT2D eigenvalue weighted by Gasteiger charge is -2.37. The summed E-state index contributed by atoms with van der Waals surface area (Å²) in [4.78, 5) is 19.7. The maximum atomic E-state index is 10.9. The second kappa shape index (κ2) is 10.6. The SMILES string of the molecule is CCCCc1nc(CN2CCC(N(CC)CC(=O)O)CC2)no1.Cl. The van der Waals surface area contributed by atoms with Gasteiger partial charge >= 0.3 is 5.97 Å². The molecule has 8 heteroatoms. The number of rotatable bonds is 9. The lowest BCUT2D eigenvalue weighted by Crippen LogP contribution is -2.46. The van der Waals surface area contributed by atoms with Gasteiger partial charge in [0.15, 0.2) is 5.82 Å². The van der Waals surface area contributed by atoms with Crippen LogP contribution >= 0.6 is 12.4 Å². The number of unbranched alkanes of at least 4 members (excludes halogenated alkanes) is 1. The summed E-state index contributed by atoms with van der Waals surface area (Å²) in [6.07, 6.45) is 5.02. The minimum absolute atomic E-state index is 0. The van der Waals surface area contributed by atoms with Crippen LogP contribution in [0.2, 0.25) is 0 Å². The van der Waals surface area contributed by atoms with Gasteiger partial charge in [-0.2, -0.15) is 4.98 Å². The van der Waals surface area contributed by atoms with E-state index in [0.29, 0.717) is 12.6 Å². The molecule has 0 radical (unpaired) electrons. The van der Waals surface area contributed by atoms with Gasteiger partial charge in [0.2, 0.25) is 5.89 Å². The summed E-state index contributed by atoms with van der Waals surface area (Å²) in [6.45, 7) is 7.68. The Hall–Kier alpha value is -1.18. The maximum Gasteiger partial charge on any atom is 0.317 e. The van der Waals surface area contributed by atoms with E-state index in [0.717, 1.165) is 63.5 Å². The van der Waals surface area contributed by atoms with Gasteiger partial charge in [-0.1, -0.05) is 25.4 Å². The summed E-state index contributed by atoms with van der Waals surface area (Å²) in [7, 11) is 0. The van der Waals surface area contributed by atoms with Gasteiger partial charge in [0.1, 0.15) is 0 Å². The van der Waals surface area contributed by atoms with Crippen molar-refractivity contribution in [3.8, 4) is 0 Å². The van der Waals surface area contributed by atoms with Crippen molar-refractivity contribution in [3.63, 3.8) is 0 Å². The van der Waals surface area contributed by atoms with E-state index < -0.39 is 5.97 Å². The number of carbonyl (C=O) groups is 1. The normalized spacial score (nSPS) is 16.3. The van der Waals surface area contributed by atoms with Crippen molar-refractivity contribution in [1.82, 2.24) is 19.9 Å². The van der Waals surface area contributed by atoms with Gasteiger partial charge in [0.05, 0.1) is 13.1 Å². The number of nitrogens with zero attached hydrogens (tertiary/aromatic N) is 4. The Balaban J connectivity index is 0.00000288. The van der Waals surface area contributed by atoms with Crippen LogP contribution in [-0.4, -0.2) is 63.2 Å². The van der Waals surface area contributed by atoms with E-state index in [-0.39, 0.29) is 19.0 Å². The van der Waals surface area contributed by atoms with Crippen LogP contribution in [-0.2, 0) is 17.8 Å². The molecular weight excluding hydrogens is 332 g/mol. The maximum absolute atomic E-state index is 10.9. The minimum atomic E-state index is -0.749. The lowest BCUT2D eigenvalue weighted by atomic mass is 10.0. The molecule has 1 aliphatic heterocycles. The quantitative estimate of drug-likeness (QED) is 0.722. The van der Waals surface area contributed by atoms with Gasteiger partial charge in [-0.05, 0) is 25.8 Å². The molecule has 2 rings (SSSR count). The number of aryl methyl sites for hydroxylation is 1. The number of hydrogen-bond donors (Lipinski definition) is 1. The number of piperidine rings is 1. The highest BCUT2D eigenvalue weighted by Crippen LogP contribution is 2.18. The Morgan fingerprint density at radius 3 is 2.67 bits per heavy atom. The third kappa shape index (κ3) is 6.37. The molecule has 24 heavy (non-hydrogen) atoms. The zero-order valence-electron chi connectivity index (χ0n) is 14.6. The summed E-state index contributed by atoms with van der Waals surface area (Å²) < 4.78 is 5.27. The fourth-order valence-electron chi connectivity index (χ4n) is 3.10. The van der Waals surface area contributed by atoms with Crippen LogP contribution in [0, 0.1) is 0 Å². The van der Waals surface area contributed by atoms with Crippen molar-refractivity contribution in [1.29, 1.82) is 0 Å². The Labute approximate surface area is 149 Å². The molecule has 0 aliphatic carbocycles. The molecule has 0 aromatic carbocycles. The lowest BCUT2D eigenvalue weighted by molar-refractivity contribution is -0.139. The van der Waals surface area contributed by atoms with Crippen molar-refractivity contribution in [2.75, 3.05) is 26.2 Å². The molecule has 0 spiro atoms. The highest BCUT2D eigenvalue weighted by Gasteiger charge is 2.25. The zero-order valence-corrected chi connectivity index (χ0v) is 15.4. The summed E-state index contributed by atoms with van der Waals surface area (Å²) in [5.41, 5.74) is 0. The molecule has 1 aliphatic rings. The molecule has 0 unspecified atom stereocenters. The summed E-state index contributed by atoms with van der Waals surface area (Å²) in [5, 5.41) is 13.0. The van der Waals surface area contributed by atoms with Crippen LogP contribution in [0.5, 0.6) is 0 Å². The van der Waals surface area contributed by atoms with Crippen molar-refractivity contribution in [3.05, 3.63) is 11.7 Å². The summed E-state index contributed by atoms with van der Waals surface area (Å²) >= 11 is 0. The smallest absolute Gasteiger partial charge is 0.317 e. The fraction of sp³-hybridized carbons (Fsp3) is 0.812. The van der Waals surface area contributed by atoms with E-state index in [9.17, 15) is 4.79 Å². The van der Waals surface area contributed by atoms with Crippen molar-refractivity contribution >= 4 is 18.4 Å². The number of likely N-dealkylation sites (N-methyl/N-ethyl adjacent to an activating group) is 1. The van der Waals surface area contributed by atoms with E-state index in [4.69, 9.17) is 9.63 Å². The van der Waals surface area contributed by atoms with E-state index >= 15 is 0 Å². The first kappa shape index (κ1) is 20.9. The first-order chi connectivity index (χ1) is 11.1. The highest BCUT2D eigenvalue weighted by molar-refractivity contribution is 5.85. The standard InChI is InChI=1S/C16H28N4O3.ClH/c1-3-5-6-15-17-14(18-23-15)11-19-9-7-13(8-10-19)20(4-2)12-16(21)22;/h13H,3-12H2,1-2H3,(H,21,22);1H. The van der Waals surface area contributed by atoms with E-state index in [1.807, 2.05) is 6.92 Å². The number of aliphatic carboxylic acids is 1. The fourth-order valence-corrected chi connectivity index (χ4v) is 3.10. The molecule has 7 nitrogen and oxygen atoms in total. The van der Waals surface area contributed by atoms with Gasteiger partial charge in [-0.25, -0.2) is 0 Å². The Kier molecular flexibility index (Phi) is 9.25. The third-order valence-electron chi connectivity index (χ3n) is 4.44. The number of likely N-dealkylation sites (tertiary alicyclic amines) is 1. The van der Waals surface area contributed by atoms with Crippen molar-refractivity contribution < 1.29 is 14.4 Å². The number of carboxylic acids is 1. The predicted octanol–water partition coefficient (Wildman–Crippen LogP) is 2.20. The largest absolute Gasteiger partial charge is 0.480 e. The second-order valence-electron chi connectivity index (χ2n) is 6.17. The van der Waals surface area contributed by atoms with Gasteiger partial charge in [-0.15, -0.1) is 12.4 Å². The number of hydrogen-bond acceptors (Lipinski definition) is 6. The van der Waals surface area contributed by atoms with E-state index in [1.54, 1.807) is 0 Å². The Bertz CT molecular complexity index is 489. The van der Waals surface area contributed by atoms with E-state index in [1.165, 1.54) is 0 Å². The van der Waals surface area contributed by atoms with Crippen LogP contribution in [0.15, 0.2) is 4.52 Å². The van der Waals surface area contributed by atoms with Gasteiger partial charge < -0.3 is 9.63 Å². The van der Waals surface area contributed by atoms with Crippen LogP contribution in [0.4, 0.5) is 0 Å². The molecule has 0 bridgehead atoms. The van der Waals surface area contributed by atoms with Crippen LogP contribution in [0.25, 0.3) is 0 Å². The average Bonchev–Trinajstić information content (AvgIpc) is 2.98. The molecule has 1 aromatic rings. The van der Waals surface area contributed by atoms with Gasteiger partial charge in [-0.3, -0.25) is 14.6 Å². The molecule has 0 amide bonds. The van der Waals surface area contributed by atoms with Gasteiger partial charge in [0, 0.05) is 25.6 Å². The number of halogens is 1. The van der Waals surface area contributed by atoms with Crippen LogP contribution in [0.3, 0.4) is 0 Å². The van der Waals surface area contributed by atoms with Crippen molar-refractivity contribution in [2.45, 2.75) is 58.5 Å². The first-order valence-electron chi connectivity index (χ1n) is 8.62.